The van der Waals surface area contributed by atoms with Gasteiger partial charge in [-0.05, 0) is 121 Å². The van der Waals surface area contributed by atoms with Crippen LogP contribution >= 0.6 is 11.8 Å². The highest BCUT2D eigenvalue weighted by Crippen LogP contribution is 2.37. The van der Waals surface area contributed by atoms with Crippen LogP contribution in [0.4, 0.5) is 14.5 Å². The van der Waals surface area contributed by atoms with E-state index in [2.05, 4.69) is 33.2 Å². The van der Waals surface area contributed by atoms with E-state index >= 15 is 4.39 Å². The number of thioether (sulfide) groups is 1. The lowest BCUT2D eigenvalue weighted by molar-refractivity contribution is -0.122. The van der Waals surface area contributed by atoms with Crippen LogP contribution < -0.4 is 48.9 Å². The topological polar surface area (TPSA) is 191 Å². The number of hydrogen-bond acceptors (Lipinski definition) is 9. The first-order valence-corrected chi connectivity index (χ1v) is 20.6. The monoisotopic (exact) mass is 754 g/mol. The van der Waals surface area contributed by atoms with Gasteiger partial charge in [-0.2, -0.15) is 11.8 Å². The zero-order valence-electron chi connectivity index (χ0n) is 32.1. The SMILES string of the molecule is CCCNc1cc(OC2CCC(NCNC3CC(C(C)F)CC(NC(=O)CCCCN=C(N)N)C3SCCN)CC2CCCN)cc(C(C)(C)F)c1. The molecular weight excluding hydrogens is 685 g/mol. The highest BCUT2D eigenvalue weighted by molar-refractivity contribution is 8.00. The van der Waals surface area contributed by atoms with Gasteiger partial charge in [0.15, 0.2) is 5.96 Å². The van der Waals surface area contributed by atoms with Gasteiger partial charge in [-0.25, -0.2) is 8.78 Å². The Balaban J connectivity index is 1.64. The number of halogens is 2. The van der Waals surface area contributed by atoms with Gasteiger partial charge < -0.3 is 48.9 Å². The summed E-state index contributed by atoms with van der Waals surface area (Å²) >= 11 is 1.75. The number of ether oxygens (including phenoxy) is 1. The third-order valence-electron chi connectivity index (χ3n) is 10.3. The minimum atomic E-state index is -1.49. The zero-order valence-corrected chi connectivity index (χ0v) is 32.9. The number of aliphatic imine (C=N–C) groups is 1. The molecule has 2 aliphatic rings. The van der Waals surface area contributed by atoms with Crippen molar-refractivity contribution in [3.8, 4) is 5.75 Å². The lowest BCUT2D eigenvalue weighted by atomic mass is 9.79. The zero-order chi connectivity index (χ0) is 38.1. The summed E-state index contributed by atoms with van der Waals surface area (Å²) in [6, 6.07) is 5.81. The number of nitrogens with zero attached hydrogens (tertiary/aromatic N) is 1. The second-order valence-corrected chi connectivity index (χ2v) is 16.5. The Kier molecular flexibility index (Phi) is 19.2. The third-order valence-corrected chi connectivity index (χ3v) is 11.9. The molecule has 0 aromatic heterocycles. The minimum Gasteiger partial charge on any atom is -0.490 e. The Morgan fingerprint density at radius 1 is 1.06 bits per heavy atom. The smallest absolute Gasteiger partial charge is 0.220 e. The number of benzene rings is 1. The van der Waals surface area contributed by atoms with E-state index in [1.807, 2.05) is 18.2 Å². The number of carbonyl (C=O) groups excluding carboxylic acids is 1. The van der Waals surface area contributed by atoms with Crippen LogP contribution in [0.25, 0.3) is 0 Å². The van der Waals surface area contributed by atoms with Gasteiger partial charge in [0.05, 0.1) is 0 Å². The summed E-state index contributed by atoms with van der Waals surface area (Å²) in [5, 5.41) is 14.2. The molecule has 52 heavy (non-hydrogen) atoms. The molecule has 0 radical (unpaired) electrons. The number of nitrogens with one attached hydrogen (secondary N) is 4. The number of unbranched alkanes of at least 4 members (excludes halogenated alkanes) is 1. The summed E-state index contributed by atoms with van der Waals surface area (Å²) in [7, 11) is 0. The molecule has 0 saturated heterocycles. The van der Waals surface area contributed by atoms with Gasteiger partial charge in [0.2, 0.25) is 5.91 Å². The quantitative estimate of drug-likeness (QED) is 0.0339. The lowest BCUT2D eigenvalue weighted by Gasteiger charge is -2.43. The molecule has 3 rings (SSSR count). The van der Waals surface area contributed by atoms with Crippen molar-refractivity contribution >= 4 is 29.3 Å². The van der Waals surface area contributed by atoms with Gasteiger partial charge in [-0.1, -0.05) is 6.92 Å². The Labute approximate surface area is 315 Å². The molecule has 8 unspecified atom stereocenters. The maximum Gasteiger partial charge on any atom is 0.220 e. The van der Waals surface area contributed by atoms with E-state index in [0.29, 0.717) is 75.6 Å². The Bertz CT molecular complexity index is 1220. The molecular formula is C38H69F2N9O2S. The van der Waals surface area contributed by atoms with Crippen molar-refractivity contribution in [3.05, 3.63) is 23.8 Å². The first-order chi connectivity index (χ1) is 24.8. The summed E-state index contributed by atoms with van der Waals surface area (Å²) < 4.78 is 36.6. The second kappa shape index (κ2) is 22.7. The van der Waals surface area contributed by atoms with Crippen molar-refractivity contribution in [2.75, 3.05) is 43.9 Å². The van der Waals surface area contributed by atoms with Crippen molar-refractivity contribution in [2.24, 2.45) is 39.8 Å². The van der Waals surface area contributed by atoms with Gasteiger partial charge in [-0.3, -0.25) is 9.79 Å². The van der Waals surface area contributed by atoms with Crippen molar-refractivity contribution < 1.29 is 18.3 Å². The average Bonchev–Trinajstić information content (AvgIpc) is 3.09. The van der Waals surface area contributed by atoms with Crippen molar-refractivity contribution in [3.63, 3.8) is 0 Å². The number of hydrogen-bond donors (Lipinski definition) is 8. The molecule has 11 nitrogen and oxygen atoms in total. The van der Waals surface area contributed by atoms with E-state index in [1.54, 1.807) is 32.5 Å². The molecule has 0 spiro atoms. The van der Waals surface area contributed by atoms with Crippen LogP contribution in [0.2, 0.25) is 0 Å². The minimum absolute atomic E-state index is 0.00317. The van der Waals surface area contributed by atoms with Gasteiger partial charge >= 0.3 is 0 Å². The molecule has 14 heteroatoms. The van der Waals surface area contributed by atoms with Crippen LogP contribution in [0.1, 0.15) is 104 Å². The fourth-order valence-corrected chi connectivity index (χ4v) is 8.74. The maximum atomic E-state index is 15.1. The van der Waals surface area contributed by atoms with Gasteiger partial charge in [0.25, 0.3) is 0 Å². The highest BCUT2D eigenvalue weighted by atomic mass is 32.2. The van der Waals surface area contributed by atoms with E-state index in [-0.39, 0.29) is 47.3 Å². The fourth-order valence-electron chi connectivity index (χ4n) is 7.49. The second-order valence-electron chi connectivity index (χ2n) is 15.2. The number of anilines is 1. The molecule has 0 heterocycles. The number of nitrogens with two attached hydrogens (primary N) is 4. The molecule has 0 bridgehead atoms. The molecule has 1 aromatic rings. The van der Waals surface area contributed by atoms with Gasteiger partial charge in [-0.15, -0.1) is 0 Å². The average molecular weight is 754 g/mol. The first-order valence-electron chi connectivity index (χ1n) is 19.6. The summed E-state index contributed by atoms with van der Waals surface area (Å²) in [5.41, 5.74) is 22.7. The van der Waals surface area contributed by atoms with Crippen LogP contribution in [0.3, 0.4) is 0 Å². The Morgan fingerprint density at radius 3 is 2.50 bits per heavy atom. The van der Waals surface area contributed by atoms with Crippen LogP contribution in [0.5, 0.6) is 5.75 Å². The fraction of sp³-hybridized carbons (Fsp3) is 0.789. The molecule has 298 valence electrons. The normalized spacial score (nSPS) is 25.7. The summed E-state index contributed by atoms with van der Waals surface area (Å²) in [6.45, 7) is 9.89. The molecule has 2 saturated carbocycles. The summed E-state index contributed by atoms with van der Waals surface area (Å²) in [4.78, 5) is 17.0. The number of rotatable bonds is 23. The van der Waals surface area contributed by atoms with Crippen LogP contribution in [-0.2, 0) is 10.5 Å². The van der Waals surface area contributed by atoms with Gasteiger partial charge in [0.1, 0.15) is 23.7 Å². The molecule has 1 aromatic carbocycles. The van der Waals surface area contributed by atoms with Crippen molar-refractivity contribution in [2.45, 2.75) is 140 Å². The molecule has 2 fully saturated rings. The standard InChI is InChI=1S/C38H69F2N9O2S/c1-5-15-45-30-21-28(38(3,4)40)22-31(23-30)51-34-12-11-29(18-26(34)9-8-13-41)47-24-48-32-19-27(25(2)39)20-33(36(32)52-17-14-42)49-35(50)10-6-7-16-46-37(43)44/h21-23,25-27,29,32-34,36,45,47-48H,5-20,24,41-42H2,1-4H3,(H,49,50)(H4,43,44,46). The first kappa shape index (κ1) is 44.0. The Morgan fingerprint density at radius 2 is 1.83 bits per heavy atom. The molecule has 12 N–H and O–H groups in total. The number of amides is 1. The van der Waals surface area contributed by atoms with E-state index in [0.717, 1.165) is 56.5 Å². The largest absolute Gasteiger partial charge is 0.490 e. The lowest BCUT2D eigenvalue weighted by Crippen LogP contribution is -2.58. The van der Waals surface area contributed by atoms with E-state index in [4.69, 9.17) is 27.7 Å². The third kappa shape index (κ3) is 15.2. The van der Waals surface area contributed by atoms with E-state index in [9.17, 15) is 9.18 Å². The number of carbonyl (C=O) groups is 1. The van der Waals surface area contributed by atoms with Crippen LogP contribution in [0.15, 0.2) is 23.2 Å². The van der Waals surface area contributed by atoms with Crippen LogP contribution in [0, 0.1) is 11.8 Å². The predicted octanol–water partition coefficient (Wildman–Crippen LogP) is 4.63. The molecule has 8 atom stereocenters. The van der Waals surface area contributed by atoms with Gasteiger partial charge in [0, 0.05) is 73.6 Å². The number of guanidine groups is 1. The summed E-state index contributed by atoms with van der Waals surface area (Å²) in [5.74, 6) is 1.60. The molecule has 1 amide bonds. The maximum absolute atomic E-state index is 15.1. The predicted molar refractivity (Wildman–Crippen MR) is 213 cm³/mol. The Hall–Kier alpha value is -2.39. The number of alkyl halides is 2. The van der Waals surface area contributed by atoms with Crippen molar-refractivity contribution in [1.82, 2.24) is 16.0 Å². The van der Waals surface area contributed by atoms with E-state index < -0.39 is 11.8 Å². The van der Waals surface area contributed by atoms with E-state index in [1.165, 1.54) is 0 Å². The molecule has 2 aliphatic carbocycles. The van der Waals surface area contributed by atoms with Crippen LogP contribution in [-0.4, -0.2) is 86.1 Å². The van der Waals surface area contributed by atoms with Crippen molar-refractivity contribution in [1.29, 1.82) is 0 Å². The molecule has 0 aliphatic heterocycles. The highest BCUT2D eigenvalue weighted by Gasteiger charge is 2.41. The summed E-state index contributed by atoms with van der Waals surface area (Å²) in [6.07, 6.45) is 7.63.